The molecule has 0 atom stereocenters. The molecule has 2 aromatic carbocycles. The number of aromatic amines is 1. The molecule has 3 rings (SSSR count). The van der Waals surface area contributed by atoms with Crippen LogP contribution in [0.4, 0.5) is 4.39 Å². The van der Waals surface area contributed by atoms with Crippen LogP contribution in [0.15, 0.2) is 48.5 Å². The van der Waals surface area contributed by atoms with E-state index in [1.807, 2.05) is 62.4 Å². The fourth-order valence-corrected chi connectivity index (χ4v) is 2.60. The second-order valence-corrected chi connectivity index (χ2v) is 6.24. The van der Waals surface area contributed by atoms with Gasteiger partial charge in [0, 0.05) is 16.3 Å². The van der Waals surface area contributed by atoms with Gasteiger partial charge >= 0.3 is 0 Å². The summed E-state index contributed by atoms with van der Waals surface area (Å²) in [6.45, 7) is 3.41. The van der Waals surface area contributed by atoms with Crippen LogP contribution in [0.1, 0.15) is 29.9 Å². The van der Waals surface area contributed by atoms with Crippen LogP contribution in [-0.4, -0.2) is 17.9 Å². The molecule has 0 aliphatic carbocycles. The Labute approximate surface area is 129 Å². The van der Waals surface area contributed by atoms with Gasteiger partial charge in [-0.25, -0.2) is 0 Å². The summed E-state index contributed by atoms with van der Waals surface area (Å²) in [5, 5.41) is 0.995. The van der Waals surface area contributed by atoms with Crippen LogP contribution in [0.3, 0.4) is 0 Å². The number of hydrogen-bond donors (Lipinski definition) is 1. The molecular weight excluding hydrogens is 277 g/mol. The van der Waals surface area contributed by atoms with Crippen molar-refractivity contribution in [1.29, 1.82) is 0 Å². The van der Waals surface area contributed by atoms with Gasteiger partial charge in [-0.2, -0.15) is 0 Å². The molecule has 1 N–H and O–H groups in total. The zero-order valence-electron chi connectivity index (χ0n) is 12.7. The summed E-state index contributed by atoms with van der Waals surface area (Å²) in [5.74, 6) is 0. The van der Waals surface area contributed by atoms with Crippen LogP contribution in [0.2, 0.25) is 0 Å². The molecule has 0 fully saturated rings. The minimum absolute atomic E-state index is 0.393. The van der Waals surface area contributed by atoms with E-state index in [4.69, 9.17) is 0 Å². The van der Waals surface area contributed by atoms with E-state index in [1.54, 1.807) is 0 Å². The monoisotopic (exact) mass is 295 g/mol. The molecule has 1 heterocycles. The van der Waals surface area contributed by atoms with Gasteiger partial charge in [0.1, 0.15) is 0 Å². The summed E-state index contributed by atoms with van der Waals surface area (Å²) in [4.78, 5) is 13.9. The molecule has 2 nitrogen and oxygen atoms in total. The highest BCUT2D eigenvalue weighted by Crippen LogP contribution is 2.30. The summed E-state index contributed by atoms with van der Waals surface area (Å²) in [6, 6.07) is 15.8. The minimum Gasteiger partial charge on any atom is -0.352 e. The van der Waals surface area contributed by atoms with Crippen molar-refractivity contribution in [1.82, 2.24) is 4.98 Å². The van der Waals surface area contributed by atoms with E-state index in [9.17, 15) is 9.18 Å². The van der Waals surface area contributed by atoms with Crippen molar-refractivity contribution >= 4 is 17.2 Å². The maximum Gasteiger partial charge on any atom is 0.166 e. The van der Waals surface area contributed by atoms with Crippen molar-refractivity contribution in [2.45, 2.75) is 19.3 Å². The third-order valence-corrected chi connectivity index (χ3v) is 4.08. The molecular formula is C19H18FNO. The smallest absolute Gasteiger partial charge is 0.166 e. The molecule has 0 aliphatic rings. The third-order valence-electron chi connectivity index (χ3n) is 4.08. The molecule has 0 radical (unpaired) electrons. The maximum absolute atomic E-state index is 13.2. The number of carbonyl (C=O) groups excluding carboxylic acids is 1. The summed E-state index contributed by atoms with van der Waals surface area (Å²) >= 11 is 0. The van der Waals surface area contributed by atoms with Crippen LogP contribution < -0.4 is 0 Å². The van der Waals surface area contributed by atoms with Crippen molar-refractivity contribution in [3.05, 3.63) is 59.8 Å². The Balaban J connectivity index is 2.07. The standard InChI is InChI=1S/C19H18FNO/c1-19(2,12-20)16-5-3-4-13(9-16)14-6-7-18-15(8-14)10-17(11-22)21-18/h3-11,21H,12H2,1-2H3. The van der Waals surface area contributed by atoms with E-state index in [1.165, 1.54) is 0 Å². The number of carbonyl (C=O) groups is 1. The second-order valence-electron chi connectivity index (χ2n) is 6.24. The molecule has 112 valence electrons. The van der Waals surface area contributed by atoms with Crippen molar-refractivity contribution in [3.63, 3.8) is 0 Å². The number of rotatable bonds is 4. The summed E-state index contributed by atoms with van der Waals surface area (Å²) < 4.78 is 13.2. The molecule has 0 bridgehead atoms. The number of halogens is 1. The van der Waals surface area contributed by atoms with Crippen molar-refractivity contribution in [3.8, 4) is 11.1 Å². The van der Waals surface area contributed by atoms with Gasteiger partial charge in [-0.05, 0) is 34.9 Å². The SMILES string of the molecule is CC(C)(CF)c1cccc(-c2ccc3[nH]c(C=O)cc3c2)c1. The number of benzene rings is 2. The number of H-pyrrole nitrogens is 1. The molecule has 1 aromatic heterocycles. The van der Waals surface area contributed by atoms with Gasteiger partial charge in [-0.3, -0.25) is 9.18 Å². The average molecular weight is 295 g/mol. The summed E-state index contributed by atoms with van der Waals surface area (Å²) in [5.41, 5.74) is 4.11. The summed E-state index contributed by atoms with van der Waals surface area (Å²) in [7, 11) is 0. The van der Waals surface area contributed by atoms with Crippen LogP contribution in [0.25, 0.3) is 22.0 Å². The van der Waals surface area contributed by atoms with Crippen LogP contribution >= 0.6 is 0 Å². The van der Waals surface area contributed by atoms with Crippen LogP contribution in [0.5, 0.6) is 0 Å². The Morgan fingerprint density at radius 2 is 1.86 bits per heavy atom. The highest BCUT2D eigenvalue weighted by atomic mass is 19.1. The average Bonchev–Trinajstić information content (AvgIpc) is 2.97. The van der Waals surface area contributed by atoms with E-state index in [2.05, 4.69) is 4.98 Å². The lowest BCUT2D eigenvalue weighted by molar-refractivity contribution is 0.112. The maximum atomic E-state index is 13.2. The Kier molecular flexibility index (Phi) is 3.57. The Hall–Kier alpha value is -2.42. The first-order valence-electron chi connectivity index (χ1n) is 7.28. The highest BCUT2D eigenvalue weighted by Gasteiger charge is 2.20. The van der Waals surface area contributed by atoms with E-state index < -0.39 is 12.1 Å². The quantitative estimate of drug-likeness (QED) is 0.683. The van der Waals surface area contributed by atoms with E-state index >= 15 is 0 Å². The topological polar surface area (TPSA) is 32.9 Å². The molecule has 3 aromatic rings. The number of aldehydes is 1. The predicted molar refractivity (Wildman–Crippen MR) is 88.1 cm³/mol. The van der Waals surface area contributed by atoms with Gasteiger partial charge in [0.05, 0.1) is 12.4 Å². The van der Waals surface area contributed by atoms with Gasteiger partial charge in [-0.15, -0.1) is 0 Å². The first-order chi connectivity index (χ1) is 10.5. The van der Waals surface area contributed by atoms with Crippen molar-refractivity contribution < 1.29 is 9.18 Å². The molecule has 22 heavy (non-hydrogen) atoms. The Morgan fingerprint density at radius 1 is 1.09 bits per heavy atom. The first kappa shape index (κ1) is 14.5. The first-order valence-corrected chi connectivity index (χ1v) is 7.28. The minimum atomic E-state index is -0.487. The molecule has 0 spiro atoms. The largest absolute Gasteiger partial charge is 0.352 e. The number of hydrogen-bond acceptors (Lipinski definition) is 1. The van der Waals surface area contributed by atoms with E-state index in [0.29, 0.717) is 5.69 Å². The van der Waals surface area contributed by atoms with Crippen molar-refractivity contribution in [2.24, 2.45) is 0 Å². The lowest BCUT2D eigenvalue weighted by Crippen LogP contribution is -2.19. The molecule has 0 amide bonds. The molecule has 0 unspecified atom stereocenters. The molecule has 0 aliphatic heterocycles. The third kappa shape index (κ3) is 2.54. The Morgan fingerprint density at radius 3 is 2.59 bits per heavy atom. The number of alkyl halides is 1. The highest BCUT2D eigenvalue weighted by molar-refractivity contribution is 5.90. The zero-order chi connectivity index (χ0) is 15.7. The predicted octanol–water partition coefficient (Wildman–Crippen LogP) is 4.89. The number of aromatic nitrogens is 1. The molecule has 0 saturated heterocycles. The molecule has 3 heteroatoms. The van der Waals surface area contributed by atoms with Crippen LogP contribution in [-0.2, 0) is 5.41 Å². The normalized spacial score (nSPS) is 11.8. The van der Waals surface area contributed by atoms with Gasteiger partial charge < -0.3 is 4.98 Å². The fraction of sp³-hybridized carbons (Fsp3) is 0.211. The van der Waals surface area contributed by atoms with E-state index in [-0.39, 0.29) is 0 Å². The van der Waals surface area contributed by atoms with Crippen LogP contribution in [0, 0.1) is 0 Å². The van der Waals surface area contributed by atoms with Gasteiger partial charge in [-0.1, -0.05) is 44.2 Å². The zero-order valence-corrected chi connectivity index (χ0v) is 12.7. The van der Waals surface area contributed by atoms with Gasteiger partial charge in [0.2, 0.25) is 0 Å². The number of fused-ring (bicyclic) bond motifs is 1. The second kappa shape index (κ2) is 5.41. The summed E-state index contributed by atoms with van der Waals surface area (Å²) in [6.07, 6.45) is 0.810. The van der Waals surface area contributed by atoms with E-state index in [0.717, 1.165) is 33.9 Å². The Bertz CT molecular complexity index is 832. The van der Waals surface area contributed by atoms with Gasteiger partial charge in [0.25, 0.3) is 0 Å². The molecule has 0 saturated carbocycles. The fourth-order valence-electron chi connectivity index (χ4n) is 2.60. The number of nitrogens with one attached hydrogen (secondary N) is 1. The van der Waals surface area contributed by atoms with Crippen molar-refractivity contribution in [2.75, 3.05) is 6.67 Å². The lowest BCUT2D eigenvalue weighted by atomic mass is 9.84. The van der Waals surface area contributed by atoms with Gasteiger partial charge in [0.15, 0.2) is 6.29 Å². The lowest BCUT2D eigenvalue weighted by Gasteiger charge is -2.21.